The Balaban J connectivity index is 1.84. The maximum Gasteiger partial charge on any atom is 0.255 e. The van der Waals surface area contributed by atoms with Gasteiger partial charge in [-0.1, -0.05) is 37.6 Å². The molecule has 0 aliphatic carbocycles. The number of methoxy groups -OCH3 is 1. The second kappa shape index (κ2) is 9.62. The molecule has 1 aliphatic rings. The molecule has 1 amide bonds. The first-order valence-electron chi connectivity index (χ1n) is 10.4. The molecule has 1 saturated heterocycles. The molecule has 1 heterocycles. The van der Waals surface area contributed by atoms with E-state index in [-0.39, 0.29) is 22.4 Å². The van der Waals surface area contributed by atoms with E-state index in [0.29, 0.717) is 18.8 Å². The molecule has 162 valence electrons. The Kier molecular flexibility index (Phi) is 7.15. The van der Waals surface area contributed by atoms with Gasteiger partial charge in [-0.15, -0.1) is 0 Å². The number of benzene rings is 2. The number of hydrogen-bond donors (Lipinski definition) is 1. The maximum atomic E-state index is 13.0. The average Bonchev–Trinajstić information content (AvgIpc) is 2.79. The number of sulfonamides is 1. The van der Waals surface area contributed by atoms with E-state index < -0.39 is 10.0 Å². The van der Waals surface area contributed by atoms with Gasteiger partial charge in [0, 0.05) is 13.1 Å². The molecule has 0 aromatic heterocycles. The molecule has 3 rings (SSSR count). The summed E-state index contributed by atoms with van der Waals surface area (Å²) < 4.78 is 32.9. The third-order valence-electron chi connectivity index (χ3n) is 5.60. The van der Waals surface area contributed by atoms with Crippen LogP contribution in [0, 0.1) is 0 Å². The summed E-state index contributed by atoms with van der Waals surface area (Å²) in [6.45, 7) is 5.03. The van der Waals surface area contributed by atoms with Crippen LogP contribution in [-0.4, -0.2) is 38.8 Å². The van der Waals surface area contributed by atoms with Crippen LogP contribution in [0.15, 0.2) is 47.4 Å². The van der Waals surface area contributed by atoms with Crippen LogP contribution in [0.1, 0.15) is 60.6 Å². The van der Waals surface area contributed by atoms with Crippen LogP contribution in [0.5, 0.6) is 5.75 Å². The van der Waals surface area contributed by atoms with Gasteiger partial charge in [0.2, 0.25) is 10.0 Å². The van der Waals surface area contributed by atoms with Crippen LogP contribution in [-0.2, 0) is 16.4 Å². The van der Waals surface area contributed by atoms with Gasteiger partial charge in [0.25, 0.3) is 5.91 Å². The van der Waals surface area contributed by atoms with Crippen LogP contribution < -0.4 is 10.1 Å². The fraction of sp³-hybridized carbons (Fsp3) is 0.435. The number of amides is 1. The Morgan fingerprint density at radius 2 is 1.77 bits per heavy atom. The minimum absolute atomic E-state index is 0.121. The van der Waals surface area contributed by atoms with Gasteiger partial charge in [0.15, 0.2) is 0 Å². The Bertz CT molecular complexity index is 981. The minimum Gasteiger partial charge on any atom is -0.496 e. The third kappa shape index (κ3) is 4.84. The molecular formula is C23H30N2O4S. The lowest BCUT2D eigenvalue weighted by atomic mass is 10.0. The first kappa shape index (κ1) is 22.3. The summed E-state index contributed by atoms with van der Waals surface area (Å²) in [5.74, 6) is -0.0202. The lowest BCUT2D eigenvalue weighted by Gasteiger charge is -2.26. The van der Waals surface area contributed by atoms with E-state index in [9.17, 15) is 13.2 Å². The smallest absolute Gasteiger partial charge is 0.255 e. The van der Waals surface area contributed by atoms with E-state index >= 15 is 0 Å². The van der Waals surface area contributed by atoms with E-state index in [4.69, 9.17) is 4.74 Å². The zero-order valence-corrected chi connectivity index (χ0v) is 18.7. The molecule has 0 saturated carbocycles. The van der Waals surface area contributed by atoms with Crippen molar-refractivity contribution in [2.24, 2.45) is 0 Å². The van der Waals surface area contributed by atoms with Crippen LogP contribution in [0.2, 0.25) is 0 Å². The van der Waals surface area contributed by atoms with Gasteiger partial charge in [0.1, 0.15) is 5.75 Å². The fourth-order valence-electron chi connectivity index (χ4n) is 3.68. The molecule has 0 spiro atoms. The number of nitrogens with one attached hydrogen (secondary N) is 1. The molecule has 1 N–H and O–H groups in total. The minimum atomic E-state index is -3.63. The first-order valence-corrected chi connectivity index (χ1v) is 11.9. The molecule has 6 nitrogen and oxygen atoms in total. The van der Waals surface area contributed by atoms with E-state index in [2.05, 4.69) is 12.2 Å². The van der Waals surface area contributed by atoms with Crippen LogP contribution in [0.3, 0.4) is 0 Å². The van der Waals surface area contributed by atoms with Gasteiger partial charge in [-0.05, 0) is 55.5 Å². The van der Waals surface area contributed by atoms with Crippen molar-refractivity contribution in [3.05, 3.63) is 59.2 Å². The van der Waals surface area contributed by atoms with Crippen LogP contribution in [0.25, 0.3) is 0 Å². The largest absolute Gasteiger partial charge is 0.496 e. The SMILES string of the molecule is CCc1ccc([C@@H](C)NC(=O)c2cc(S(=O)(=O)N3CCCCC3)ccc2OC)cc1. The molecule has 0 bridgehead atoms. The van der Waals surface area contributed by atoms with E-state index in [1.54, 1.807) is 6.07 Å². The van der Waals surface area contributed by atoms with Gasteiger partial charge < -0.3 is 10.1 Å². The Labute approximate surface area is 179 Å². The summed E-state index contributed by atoms with van der Waals surface area (Å²) in [7, 11) is -2.16. The summed E-state index contributed by atoms with van der Waals surface area (Å²) >= 11 is 0. The molecule has 0 radical (unpaired) electrons. The molecule has 2 aromatic carbocycles. The number of hydrogen-bond acceptors (Lipinski definition) is 4. The highest BCUT2D eigenvalue weighted by atomic mass is 32.2. The summed E-state index contributed by atoms with van der Waals surface area (Å²) in [6, 6.07) is 12.3. The number of rotatable bonds is 7. The van der Waals surface area contributed by atoms with Crippen LogP contribution >= 0.6 is 0 Å². The number of piperidine rings is 1. The molecule has 1 fully saturated rings. The number of carbonyl (C=O) groups excluding carboxylic acids is 1. The zero-order valence-electron chi connectivity index (χ0n) is 17.8. The predicted octanol–water partition coefficient (Wildman–Crippen LogP) is 3.92. The highest BCUT2D eigenvalue weighted by molar-refractivity contribution is 7.89. The molecule has 1 aliphatic heterocycles. The highest BCUT2D eigenvalue weighted by Crippen LogP contribution is 2.27. The number of ether oxygens (including phenoxy) is 1. The molecule has 30 heavy (non-hydrogen) atoms. The Morgan fingerprint density at radius 1 is 1.10 bits per heavy atom. The summed E-state index contributed by atoms with van der Waals surface area (Å²) in [6.07, 6.45) is 3.71. The lowest BCUT2D eigenvalue weighted by Crippen LogP contribution is -2.35. The van der Waals surface area contributed by atoms with E-state index in [0.717, 1.165) is 31.2 Å². The van der Waals surface area contributed by atoms with Crippen molar-refractivity contribution in [3.8, 4) is 5.75 Å². The predicted molar refractivity (Wildman–Crippen MR) is 117 cm³/mol. The van der Waals surface area contributed by atoms with Crippen molar-refractivity contribution in [2.75, 3.05) is 20.2 Å². The van der Waals surface area contributed by atoms with E-state index in [1.165, 1.54) is 29.1 Å². The van der Waals surface area contributed by atoms with Gasteiger partial charge in [-0.25, -0.2) is 8.42 Å². The number of carbonyl (C=O) groups is 1. The molecule has 7 heteroatoms. The van der Waals surface area contributed by atoms with Gasteiger partial charge >= 0.3 is 0 Å². The summed E-state index contributed by atoms with van der Waals surface area (Å²) in [5.41, 5.74) is 2.43. The molecule has 1 atom stereocenters. The molecule has 0 unspecified atom stereocenters. The van der Waals surface area contributed by atoms with Crippen molar-refractivity contribution in [1.82, 2.24) is 9.62 Å². The summed E-state index contributed by atoms with van der Waals surface area (Å²) in [5, 5.41) is 2.96. The monoisotopic (exact) mass is 430 g/mol. The fourth-order valence-corrected chi connectivity index (χ4v) is 5.22. The van der Waals surface area contributed by atoms with Crippen molar-refractivity contribution in [2.45, 2.75) is 50.5 Å². The van der Waals surface area contributed by atoms with E-state index in [1.807, 2.05) is 31.2 Å². The topological polar surface area (TPSA) is 75.7 Å². The third-order valence-corrected chi connectivity index (χ3v) is 7.50. The Hall–Kier alpha value is -2.38. The highest BCUT2D eigenvalue weighted by Gasteiger charge is 2.28. The van der Waals surface area contributed by atoms with Gasteiger partial charge in [-0.2, -0.15) is 4.31 Å². The Morgan fingerprint density at radius 3 is 2.37 bits per heavy atom. The van der Waals surface area contributed by atoms with Crippen molar-refractivity contribution in [1.29, 1.82) is 0 Å². The standard InChI is InChI=1S/C23H30N2O4S/c1-4-18-8-10-19(11-9-18)17(2)24-23(26)21-16-20(12-13-22(21)29-3)30(27,28)25-14-6-5-7-15-25/h8-13,16-17H,4-7,14-15H2,1-3H3,(H,24,26)/t17-/m1/s1. The van der Waals surface area contributed by atoms with Gasteiger partial charge in [0.05, 0.1) is 23.6 Å². The quantitative estimate of drug-likeness (QED) is 0.722. The number of aryl methyl sites for hydroxylation is 1. The molecule has 2 aromatic rings. The molecular weight excluding hydrogens is 400 g/mol. The second-order valence-corrected chi connectivity index (χ2v) is 9.56. The number of nitrogens with zero attached hydrogens (tertiary/aromatic N) is 1. The van der Waals surface area contributed by atoms with Crippen molar-refractivity contribution < 1.29 is 17.9 Å². The normalized spacial score (nSPS) is 16.1. The first-order chi connectivity index (χ1) is 14.4. The van der Waals surface area contributed by atoms with Crippen LogP contribution in [0.4, 0.5) is 0 Å². The summed E-state index contributed by atoms with van der Waals surface area (Å²) in [4.78, 5) is 13.1. The maximum absolute atomic E-state index is 13.0. The lowest BCUT2D eigenvalue weighted by molar-refractivity contribution is 0.0936. The van der Waals surface area contributed by atoms with Gasteiger partial charge in [-0.3, -0.25) is 4.79 Å². The zero-order chi connectivity index (χ0) is 21.7. The van der Waals surface area contributed by atoms with Crippen molar-refractivity contribution in [3.63, 3.8) is 0 Å². The second-order valence-electron chi connectivity index (χ2n) is 7.62. The van der Waals surface area contributed by atoms with Crippen molar-refractivity contribution >= 4 is 15.9 Å². The average molecular weight is 431 g/mol.